The van der Waals surface area contributed by atoms with Crippen molar-refractivity contribution in [2.75, 3.05) is 0 Å². The fourth-order valence-electron chi connectivity index (χ4n) is 2.04. The van der Waals surface area contributed by atoms with Crippen LogP contribution in [0.4, 0.5) is 0 Å². The molecule has 0 aliphatic heterocycles. The molecule has 90 valence electrons. The lowest BCUT2D eigenvalue weighted by Crippen LogP contribution is -2.12. The van der Waals surface area contributed by atoms with Crippen molar-refractivity contribution in [3.05, 3.63) is 34.0 Å². The van der Waals surface area contributed by atoms with Gasteiger partial charge in [-0.3, -0.25) is 9.59 Å². The molecule has 2 aromatic heterocycles. The van der Waals surface area contributed by atoms with E-state index in [9.17, 15) is 9.59 Å². The Bertz CT molecular complexity index is 622. The first kappa shape index (κ1) is 11.6. The van der Waals surface area contributed by atoms with E-state index in [1.807, 2.05) is 20.8 Å². The quantitative estimate of drug-likeness (QED) is 0.821. The first-order valence-electron chi connectivity index (χ1n) is 5.68. The Morgan fingerprint density at radius 2 is 2.24 bits per heavy atom. The minimum absolute atomic E-state index is 0.0404. The van der Waals surface area contributed by atoms with Gasteiger partial charge in [-0.2, -0.15) is 5.10 Å². The third-order valence-electron chi connectivity index (χ3n) is 2.82. The highest BCUT2D eigenvalue weighted by molar-refractivity contribution is 5.99. The molecule has 0 bridgehead atoms. The second-order valence-electron chi connectivity index (χ2n) is 4.30. The summed E-state index contributed by atoms with van der Waals surface area (Å²) in [5, 5.41) is 4.03. The van der Waals surface area contributed by atoms with Gasteiger partial charge in [0.2, 0.25) is 0 Å². The van der Waals surface area contributed by atoms with Gasteiger partial charge in [-0.15, -0.1) is 0 Å². The molecule has 0 aliphatic carbocycles. The van der Waals surface area contributed by atoms with Crippen molar-refractivity contribution in [2.45, 2.75) is 33.1 Å². The van der Waals surface area contributed by atoms with Crippen LogP contribution in [0.2, 0.25) is 0 Å². The second kappa shape index (κ2) is 4.16. The van der Waals surface area contributed by atoms with E-state index < -0.39 is 0 Å². The lowest BCUT2D eigenvalue weighted by Gasteiger charge is -2.05. The summed E-state index contributed by atoms with van der Waals surface area (Å²) in [6.45, 7) is 5.74. The van der Waals surface area contributed by atoms with Gasteiger partial charge in [0.15, 0.2) is 5.78 Å². The van der Waals surface area contributed by atoms with Crippen LogP contribution < -0.4 is 5.56 Å². The summed E-state index contributed by atoms with van der Waals surface area (Å²) in [6, 6.07) is 0. The molecule has 0 aromatic carbocycles. The lowest BCUT2D eigenvalue weighted by atomic mass is 9.97. The van der Waals surface area contributed by atoms with Crippen molar-refractivity contribution >= 4 is 11.3 Å². The predicted molar refractivity (Wildman–Crippen MR) is 64.5 cm³/mol. The van der Waals surface area contributed by atoms with Gasteiger partial charge in [-0.1, -0.05) is 20.8 Å². The van der Waals surface area contributed by atoms with E-state index in [0.717, 1.165) is 5.56 Å². The average molecular weight is 233 g/mol. The van der Waals surface area contributed by atoms with E-state index in [1.54, 1.807) is 6.20 Å². The number of carbonyl (C=O) groups is 1. The molecular formula is C12H15N3O2. The number of fused-ring (bicyclic) bond motifs is 1. The van der Waals surface area contributed by atoms with E-state index in [-0.39, 0.29) is 17.3 Å². The summed E-state index contributed by atoms with van der Waals surface area (Å²) >= 11 is 0. The predicted octanol–water partition coefficient (Wildman–Crippen LogP) is 1.74. The number of hydrogen-bond acceptors (Lipinski definition) is 3. The van der Waals surface area contributed by atoms with Gasteiger partial charge in [-0.25, -0.2) is 4.52 Å². The summed E-state index contributed by atoms with van der Waals surface area (Å²) in [4.78, 5) is 26.2. The first-order chi connectivity index (χ1) is 8.06. The topological polar surface area (TPSA) is 67.2 Å². The van der Waals surface area contributed by atoms with Crippen LogP contribution in [0.15, 0.2) is 17.3 Å². The first-order valence-corrected chi connectivity index (χ1v) is 5.68. The Hall–Kier alpha value is -1.91. The smallest absolute Gasteiger partial charge is 0.275 e. The van der Waals surface area contributed by atoms with E-state index in [1.165, 1.54) is 10.8 Å². The van der Waals surface area contributed by atoms with E-state index in [0.29, 0.717) is 17.5 Å². The van der Waals surface area contributed by atoms with Gasteiger partial charge in [0.05, 0.1) is 0 Å². The van der Waals surface area contributed by atoms with E-state index in [4.69, 9.17) is 0 Å². The molecule has 0 amide bonds. The molecule has 2 rings (SSSR count). The highest BCUT2D eigenvalue weighted by atomic mass is 16.1. The van der Waals surface area contributed by atoms with E-state index in [2.05, 4.69) is 10.1 Å². The summed E-state index contributed by atoms with van der Waals surface area (Å²) in [5.74, 6) is 0.148. The Morgan fingerprint density at radius 3 is 2.82 bits per heavy atom. The molecule has 5 heteroatoms. The van der Waals surface area contributed by atoms with Gasteiger partial charge in [0.1, 0.15) is 11.8 Å². The summed E-state index contributed by atoms with van der Waals surface area (Å²) in [6.07, 6.45) is 3.40. The zero-order chi connectivity index (χ0) is 12.6. The maximum atomic E-state index is 11.9. The van der Waals surface area contributed by atoms with Crippen molar-refractivity contribution < 1.29 is 4.79 Å². The third kappa shape index (κ3) is 1.77. The Morgan fingerprint density at radius 1 is 1.53 bits per heavy atom. The average Bonchev–Trinajstić information content (AvgIpc) is 2.68. The number of carbonyl (C=O) groups excluding carboxylic acids is 1. The van der Waals surface area contributed by atoms with Crippen LogP contribution in [0.3, 0.4) is 0 Å². The molecule has 5 nitrogen and oxygen atoms in total. The number of hydrogen-bond donors (Lipinski definition) is 1. The number of H-pyrrole nitrogens is 1. The number of Topliss-reactive ketones (excluding diaryl/α,β-unsaturated/α-hetero) is 1. The molecule has 0 aliphatic rings. The minimum atomic E-state index is -0.209. The zero-order valence-corrected chi connectivity index (χ0v) is 10.2. The van der Waals surface area contributed by atoms with Crippen molar-refractivity contribution in [3.8, 4) is 0 Å². The highest BCUT2D eigenvalue weighted by Crippen LogP contribution is 2.24. The van der Waals surface area contributed by atoms with Crippen LogP contribution in [-0.2, 0) is 0 Å². The van der Waals surface area contributed by atoms with Crippen molar-refractivity contribution in [2.24, 2.45) is 0 Å². The third-order valence-corrected chi connectivity index (χ3v) is 2.82. The fraction of sp³-hybridized carbons (Fsp3) is 0.417. The SMILES string of the molecule is CCC(=O)c1cn2nc[nH]c(=O)c2c1C(C)C. The van der Waals surface area contributed by atoms with Crippen LogP contribution >= 0.6 is 0 Å². The molecule has 0 fully saturated rings. The maximum absolute atomic E-state index is 11.9. The molecule has 0 spiro atoms. The summed E-state index contributed by atoms with van der Waals surface area (Å²) < 4.78 is 1.48. The van der Waals surface area contributed by atoms with Crippen LogP contribution in [0, 0.1) is 0 Å². The molecular weight excluding hydrogens is 218 g/mol. The molecule has 0 saturated heterocycles. The number of aromatic nitrogens is 3. The van der Waals surface area contributed by atoms with Gasteiger partial charge < -0.3 is 4.98 Å². The van der Waals surface area contributed by atoms with Crippen LogP contribution in [-0.4, -0.2) is 20.4 Å². The molecule has 0 radical (unpaired) electrons. The summed E-state index contributed by atoms with van der Waals surface area (Å²) in [7, 11) is 0. The Balaban J connectivity index is 2.86. The number of rotatable bonds is 3. The number of ketones is 1. The monoisotopic (exact) mass is 233 g/mol. The van der Waals surface area contributed by atoms with Crippen molar-refractivity contribution in [3.63, 3.8) is 0 Å². The molecule has 0 saturated carbocycles. The molecule has 1 N–H and O–H groups in total. The van der Waals surface area contributed by atoms with Gasteiger partial charge in [0, 0.05) is 18.2 Å². The fourth-order valence-corrected chi connectivity index (χ4v) is 2.04. The molecule has 2 heterocycles. The Labute approximate surface area is 98.5 Å². The van der Waals surface area contributed by atoms with Gasteiger partial charge in [-0.05, 0) is 11.5 Å². The van der Waals surface area contributed by atoms with Gasteiger partial charge >= 0.3 is 0 Å². The van der Waals surface area contributed by atoms with Crippen LogP contribution in [0.25, 0.3) is 5.52 Å². The highest BCUT2D eigenvalue weighted by Gasteiger charge is 2.20. The maximum Gasteiger partial charge on any atom is 0.275 e. The lowest BCUT2D eigenvalue weighted by molar-refractivity contribution is 0.0987. The van der Waals surface area contributed by atoms with Crippen molar-refractivity contribution in [1.82, 2.24) is 14.6 Å². The van der Waals surface area contributed by atoms with Crippen LogP contribution in [0.1, 0.15) is 49.0 Å². The van der Waals surface area contributed by atoms with Crippen molar-refractivity contribution in [1.29, 1.82) is 0 Å². The molecule has 17 heavy (non-hydrogen) atoms. The van der Waals surface area contributed by atoms with Gasteiger partial charge in [0.25, 0.3) is 5.56 Å². The number of nitrogens with one attached hydrogen (secondary N) is 1. The normalized spacial score (nSPS) is 11.3. The molecule has 2 aromatic rings. The standard InChI is InChI=1S/C12H15N3O2/c1-4-9(16)8-5-15-11(10(8)7(2)3)12(17)13-6-14-15/h5-7H,4H2,1-3H3,(H,13,14,17). The second-order valence-corrected chi connectivity index (χ2v) is 4.30. The Kier molecular flexibility index (Phi) is 2.83. The zero-order valence-electron chi connectivity index (χ0n) is 10.2. The molecule has 0 atom stereocenters. The van der Waals surface area contributed by atoms with E-state index >= 15 is 0 Å². The number of aromatic amines is 1. The number of nitrogens with zero attached hydrogens (tertiary/aromatic N) is 2. The minimum Gasteiger partial charge on any atom is -0.310 e. The summed E-state index contributed by atoms with van der Waals surface area (Å²) in [5.41, 5.74) is 1.65. The van der Waals surface area contributed by atoms with Crippen LogP contribution in [0.5, 0.6) is 0 Å². The largest absolute Gasteiger partial charge is 0.310 e. The molecule has 0 unspecified atom stereocenters.